The molecule has 1 unspecified atom stereocenters. The standard InChI is InChI=1S/C9H12N2O2S/c12-4-3-11-7(6-10-9(11)13)8-2-1-5-14-8/h1-2,5,7,12H,3-4,6H2,(H,10,13). The Morgan fingerprint density at radius 3 is 3.21 bits per heavy atom. The van der Waals surface area contributed by atoms with Gasteiger partial charge in [0.25, 0.3) is 0 Å². The van der Waals surface area contributed by atoms with Crippen LogP contribution in [0.25, 0.3) is 0 Å². The van der Waals surface area contributed by atoms with Gasteiger partial charge in [0, 0.05) is 18.0 Å². The van der Waals surface area contributed by atoms with Crippen LogP contribution >= 0.6 is 11.3 Å². The molecule has 1 atom stereocenters. The minimum absolute atomic E-state index is 0.00922. The number of aliphatic hydroxyl groups excluding tert-OH is 1. The zero-order valence-corrected chi connectivity index (χ0v) is 8.46. The van der Waals surface area contributed by atoms with Gasteiger partial charge in [-0.3, -0.25) is 0 Å². The number of nitrogens with zero attached hydrogens (tertiary/aromatic N) is 1. The number of amides is 2. The fourth-order valence-corrected chi connectivity index (χ4v) is 2.48. The quantitative estimate of drug-likeness (QED) is 0.779. The van der Waals surface area contributed by atoms with Crippen molar-refractivity contribution >= 4 is 17.4 Å². The molecular formula is C9H12N2O2S. The van der Waals surface area contributed by atoms with Gasteiger partial charge in [-0.15, -0.1) is 11.3 Å². The van der Waals surface area contributed by atoms with Gasteiger partial charge in [-0.05, 0) is 11.4 Å². The van der Waals surface area contributed by atoms with Gasteiger partial charge in [0.15, 0.2) is 0 Å². The second-order valence-corrected chi connectivity index (χ2v) is 4.11. The van der Waals surface area contributed by atoms with Crippen molar-refractivity contribution in [2.24, 2.45) is 0 Å². The number of hydrogen-bond acceptors (Lipinski definition) is 3. The molecule has 4 nitrogen and oxygen atoms in total. The number of urea groups is 1. The third kappa shape index (κ3) is 1.60. The third-order valence-electron chi connectivity index (χ3n) is 2.30. The molecule has 1 aromatic rings. The molecular weight excluding hydrogens is 200 g/mol. The van der Waals surface area contributed by atoms with Gasteiger partial charge in [-0.25, -0.2) is 4.79 Å². The zero-order valence-electron chi connectivity index (χ0n) is 7.64. The Morgan fingerprint density at radius 2 is 2.57 bits per heavy atom. The van der Waals surface area contributed by atoms with E-state index in [1.165, 1.54) is 0 Å². The number of thiophene rings is 1. The molecule has 5 heteroatoms. The maximum Gasteiger partial charge on any atom is 0.318 e. The normalized spacial score (nSPS) is 21.4. The molecule has 1 saturated heterocycles. The highest BCUT2D eigenvalue weighted by atomic mass is 32.1. The first kappa shape index (κ1) is 9.48. The lowest BCUT2D eigenvalue weighted by Crippen LogP contribution is -2.32. The van der Waals surface area contributed by atoms with Crippen molar-refractivity contribution < 1.29 is 9.90 Å². The van der Waals surface area contributed by atoms with E-state index in [1.807, 2.05) is 17.5 Å². The van der Waals surface area contributed by atoms with Gasteiger partial charge in [0.1, 0.15) is 0 Å². The summed E-state index contributed by atoms with van der Waals surface area (Å²) in [5.74, 6) is 0. The van der Waals surface area contributed by atoms with E-state index >= 15 is 0 Å². The monoisotopic (exact) mass is 212 g/mol. The van der Waals surface area contributed by atoms with E-state index in [-0.39, 0.29) is 18.7 Å². The van der Waals surface area contributed by atoms with Crippen LogP contribution in [-0.2, 0) is 0 Å². The number of β-amino-alcohol motifs (C(OH)–C–C–N with tert-alkyl or cyclic N) is 1. The molecule has 0 bridgehead atoms. The van der Waals surface area contributed by atoms with E-state index in [1.54, 1.807) is 16.2 Å². The Bertz CT molecular complexity index is 313. The molecule has 0 saturated carbocycles. The summed E-state index contributed by atoms with van der Waals surface area (Å²) in [4.78, 5) is 14.2. The average molecular weight is 212 g/mol. The van der Waals surface area contributed by atoms with Crippen LogP contribution in [-0.4, -0.2) is 35.7 Å². The van der Waals surface area contributed by atoms with E-state index < -0.39 is 0 Å². The topological polar surface area (TPSA) is 52.6 Å². The molecule has 1 aliphatic heterocycles. The van der Waals surface area contributed by atoms with Crippen molar-refractivity contribution in [2.75, 3.05) is 19.7 Å². The van der Waals surface area contributed by atoms with Crippen LogP contribution in [0.4, 0.5) is 4.79 Å². The first-order chi connectivity index (χ1) is 6.83. The molecule has 14 heavy (non-hydrogen) atoms. The summed E-state index contributed by atoms with van der Waals surface area (Å²) in [5, 5.41) is 13.6. The highest BCUT2D eigenvalue weighted by molar-refractivity contribution is 7.10. The van der Waals surface area contributed by atoms with E-state index in [4.69, 9.17) is 5.11 Å². The number of nitrogens with one attached hydrogen (secondary N) is 1. The van der Waals surface area contributed by atoms with Crippen LogP contribution < -0.4 is 5.32 Å². The predicted octanol–water partition coefficient (Wildman–Crippen LogP) is 0.807. The summed E-state index contributed by atoms with van der Waals surface area (Å²) in [6.45, 7) is 1.04. The largest absolute Gasteiger partial charge is 0.395 e. The fourth-order valence-electron chi connectivity index (χ4n) is 1.64. The minimum Gasteiger partial charge on any atom is -0.395 e. The lowest BCUT2D eigenvalue weighted by atomic mass is 10.2. The molecule has 1 aromatic heterocycles. The van der Waals surface area contributed by atoms with Crippen LogP contribution in [0.15, 0.2) is 17.5 Å². The van der Waals surface area contributed by atoms with Gasteiger partial charge in [-0.2, -0.15) is 0 Å². The average Bonchev–Trinajstić information content (AvgIpc) is 2.77. The Kier molecular flexibility index (Phi) is 2.69. The van der Waals surface area contributed by atoms with Crippen molar-refractivity contribution in [3.63, 3.8) is 0 Å². The number of carbonyl (C=O) groups excluding carboxylic acids is 1. The number of carbonyl (C=O) groups is 1. The molecule has 0 aliphatic carbocycles. The molecule has 2 heterocycles. The molecule has 1 aliphatic rings. The number of aliphatic hydroxyl groups is 1. The van der Waals surface area contributed by atoms with Crippen molar-refractivity contribution in [3.8, 4) is 0 Å². The Labute approximate surface area is 86.2 Å². The van der Waals surface area contributed by atoms with Crippen molar-refractivity contribution in [3.05, 3.63) is 22.4 Å². The lowest BCUT2D eigenvalue weighted by Gasteiger charge is -2.20. The lowest BCUT2D eigenvalue weighted by molar-refractivity contribution is 0.180. The zero-order chi connectivity index (χ0) is 9.97. The maximum absolute atomic E-state index is 11.4. The third-order valence-corrected chi connectivity index (χ3v) is 3.27. The molecule has 2 N–H and O–H groups in total. The summed E-state index contributed by atoms with van der Waals surface area (Å²) >= 11 is 1.64. The molecule has 2 amide bonds. The van der Waals surface area contributed by atoms with Crippen molar-refractivity contribution in [1.29, 1.82) is 0 Å². The van der Waals surface area contributed by atoms with Crippen LogP contribution in [0.3, 0.4) is 0 Å². The second kappa shape index (κ2) is 3.98. The first-order valence-corrected chi connectivity index (χ1v) is 5.39. The Morgan fingerprint density at radius 1 is 1.71 bits per heavy atom. The maximum atomic E-state index is 11.4. The van der Waals surface area contributed by atoms with E-state index in [2.05, 4.69) is 5.32 Å². The molecule has 2 rings (SSSR count). The summed E-state index contributed by atoms with van der Waals surface area (Å²) in [5.41, 5.74) is 0. The SMILES string of the molecule is O=C1NCC(c2cccs2)N1CCO. The molecule has 0 spiro atoms. The van der Waals surface area contributed by atoms with E-state index in [0.29, 0.717) is 13.1 Å². The van der Waals surface area contributed by atoms with Crippen LogP contribution in [0.2, 0.25) is 0 Å². The predicted molar refractivity (Wildman–Crippen MR) is 54.3 cm³/mol. The van der Waals surface area contributed by atoms with E-state index in [0.717, 1.165) is 4.88 Å². The van der Waals surface area contributed by atoms with Crippen LogP contribution in [0.1, 0.15) is 10.9 Å². The molecule has 0 radical (unpaired) electrons. The van der Waals surface area contributed by atoms with Gasteiger partial charge < -0.3 is 15.3 Å². The summed E-state index contributed by atoms with van der Waals surface area (Å²) in [6, 6.07) is 3.99. The molecule has 1 fully saturated rings. The smallest absolute Gasteiger partial charge is 0.318 e. The summed E-state index contributed by atoms with van der Waals surface area (Å²) < 4.78 is 0. The molecule has 0 aromatic carbocycles. The van der Waals surface area contributed by atoms with Crippen molar-refractivity contribution in [1.82, 2.24) is 10.2 Å². The highest BCUT2D eigenvalue weighted by Gasteiger charge is 2.31. The van der Waals surface area contributed by atoms with Crippen LogP contribution in [0, 0.1) is 0 Å². The Balaban J connectivity index is 2.15. The van der Waals surface area contributed by atoms with Gasteiger partial charge in [0.2, 0.25) is 0 Å². The van der Waals surface area contributed by atoms with Gasteiger partial charge in [-0.1, -0.05) is 6.07 Å². The van der Waals surface area contributed by atoms with Gasteiger partial charge in [0.05, 0.1) is 12.6 Å². The Hall–Kier alpha value is -1.07. The van der Waals surface area contributed by atoms with E-state index in [9.17, 15) is 4.79 Å². The second-order valence-electron chi connectivity index (χ2n) is 3.13. The first-order valence-electron chi connectivity index (χ1n) is 4.51. The van der Waals surface area contributed by atoms with Gasteiger partial charge >= 0.3 is 6.03 Å². The van der Waals surface area contributed by atoms with Crippen LogP contribution in [0.5, 0.6) is 0 Å². The molecule has 76 valence electrons. The summed E-state index contributed by atoms with van der Waals surface area (Å²) in [6.07, 6.45) is 0. The minimum atomic E-state index is -0.0857. The summed E-state index contributed by atoms with van der Waals surface area (Å²) in [7, 11) is 0. The highest BCUT2D eigenvalue weighted by Crippen LogP contribution is 2.27. The van der Waals surface area contributed by atoms with Crippen molar-refractivity contribution in [2.45, 2.75) is 6.04 Å². The number of hydrogen-bond donors (Lipinski definition) is 2. The number of rotatable bonds is 3. The fraction of sp³-hybridized carbons (Fsp3) is 0.444.